The molecule has 0 bridgehead atoms. The van der Waals surface area contributed by atoms with Crippen LogP contribution in [0.5, 0.6) is 0 Å². The van der Waals surface area contributed by atoms with Gasteiger partial charge in [-0.15, -0.1) is 0 Å². The molecule has 0 spiro atoms. The van der Waals surface area contributed by atoms with Gasteiger partial charge in [-0.3, -0.25) is 9.59 Å². The molecule has 34 heavy (non-hydrogen) atoms. The minimum absolute atomic E-state index is 0.0331. The topological polar surface area (TPSA) is 114 Å². The van der Waals surface area contributed by atoms with Crippen molar-refractivity contribution >= 4 is 18.0 Å². The maximum absolute atomic E-state index is 13.1. The number of alkyl carbamates (subject to hydrolysis) is 1. The lowest BCUT2D eigenvalue weighted by Gasteiger charge is -2.37. The smallest absolute Gasteiger partial charge is 0.408 e. The zero-order chi connectivity index (χ0) is 24.3. The minimum Gasteiger partial charge on any atom is -0.481 e. The molecule has 180 valence electrons. The van der Waals surface area contributed by atoms with Crippen molar-refractivity contribution in [1.82, 2.24) is 10.6 Å². The molecule has 0 saturated heterocycles. The van der Waals surface area contributed by atoms with E-state index >= 15 is 0 Å². The van der Waals surface area contributed by atoms with Gasteiger partial charge in [0.05, 0.1) is 12.5 Å². The molecule has 2 aromatic rings. The van der Waals surface area contributed by atoms with E-state index in [2.05, 4.69) is 22.8 Å². The number of methoxy groups -OCH3 is 1. The van der Waals surface area contributed by atoms with E-state index in [-0.39, 0.29) is 31.6 Å². The van der Waals surface area contributed by atoms with Gasteiger partial charge in [-0.25, -0.2) is 4.79 Å². The number of carbonyl (C=O) groups is 3. The van der Waals surface area contributed by atoms with Crippen LogP contribution in [-0.4, -0.2) is 55.0 Å². The number of amides is 2. The third-order valence-electron chi connectivity index (χ3n) is 6.94. The Morgan fingerprint density at radius 1 is 1.03 bits per heavy atom. The summed E-state index contributed by atoms with van der Waals surface area (Å²) in [4.78, 5) is 37.0. The monoisotopic (exact) mass is 466 g/mol. The molecule has 4 rings (SSSR count). The predicted molar refractivity (Wildman–Crippen MR) is 125 cm³/mol. The molecule has 2 aliphatic rings. The molecule has 1 unspecified atom stereocenters. The number of carboxylic acid groups (broad SMARTS) is 1. The molecule has 0 heterocycles. The van der Waals surface area contributed by atoms with Crippen LogP contribution in [-0.2, 0) is 19.1 Å². The summed E-state index contributed by atoms with van der Waals surface area (Å²) in [6.07, 6.45) is 0.330. The molecule has 2 aromatic carbocycles. The summed E-state index contributed by atoms with van der Waals surface area (Å²) in [7, 11) is 1.46. The van der Waals surface area contributed by atoms with Crippen molar-refractivity contribution in [2.75, 3.05) is 20.3 Å². The van der Waals surface area contributed by atoms with Gasteiger partial charge >= 0.3 is 12.1 Å². The van der Waals surface area contributed by atoms with Crippen molar-refractivity contribution in [2.24, 2.45) is 5.92 Å². The van der Waals surface area contributed by atoms with Crippen molar-refractivity contribution in [3.63, 3.8) is 0 Å². The Morgan fingerprint density at radius 3 is 2.15 bits per heavy atom. The van der Waals surface area contributed by atoms with Crippen LogP contribution >= 0.6 is 0 Å². The largest absolute Gasteiger partial charge is 0.481 e. The highest BCUT2D eigenvalue weighted by atomic mass is 16.5. The number of fused-ring (bicyclic) bond motifs is 3. The van der Waals surface area contributed by atoms with E-state index < -0.39 is 29.4 Å². The van der Waals surface area contributed by atoms with Crippen molar-refractivity contribution in [1.29, 1.82) is 0 Å². The number of rotatable bonds is 9. The van der Waals surface area contributed by atoms with E-state index in [0.717, 1.165) is 22.3 Å². The number of aliphatic carboxylic acids is 1. The number of benzene rings is 2. The Kier molecular flexibility index (Phi) is 6.88. The Labute approximate surface area is 198 Å². The summed E-state index contributed by atoms with van der Waals surface area (Å²) >= 11 is 0. The van der Waals surface area contributed by atoms with E-state index in [1.54, 1.807) is 6.92 Å². The van der Waals surface area contributed by atoms with Gasteiger partial charge in [0, 0.05) is 19.1 Å². The molecule has 1 fully saturated rings. The number of hydrogen-bond acceptors (Lipinski definition) is 5. The second-order valence-electron chi connectivity index (χ2n) is 9.00. The van der Waals surface area contributed by atoms with Crippen LogP contribution in [0, 0.1) is 5.92 Å². The standard InChI is InChI=1S/C26H30N2O6/c1-3-26(15-33-2,24(31)27-17-12-16(13-17)23(29)30)28-25(32)34-14-22-20-10-6-4-8-18(20)19-9-5-7-11-21(19)22/h4-11,16-17,22H,3,12-15H2,1-2H3,(H,27,31)(H,28,32)(H,29,30). The third kappa shape index (κ3) is 4.50. The van der Waals surface area contributed by atoms with Gasteiger partial charge in [-0.05, 0) is 41.5 Å². The molecule has 2 amide bonds. The van der Waals surface area contributed by atoms with Crippen LogP contribution < -0.4 is 10.6 Å². The number of carbonyl (C=O) groups excluding carboxylic acids is 2. The molecular weight excluding hydrogens is 436 g/mol. The molecule has 0 aromatic heterocycles. The maximum Gasteiger partial charge on any atom is 0.408 e. The van der Waals surface area contributed by atoms with Gasteiger partial charge in [-0.1, -0.05) is 55.5 Å². The highest BCUT2D eigenvalue weighted by molar-refractivity contribution is 5.90. The summed E-state index contributed by atoms with van der Waals surface area (Å²) in [5, 5.41) is 14.6. The van der Waals surface area contributed by atoms with Crippen LogP contribution in [0.2, 0.25) is 0 Å². The number of hydrogen-bond donors (Lipinski definition) is 3. The summed E-state index contributed by atoms with van der Waals surface area (Å²) < 4.78 is 10.9. The molecule has 1 saturated carbocycles. The van der Waals surface area contributed by atoms with Crippen molar-refractivity contribution in [3.8, 4) is 11.1 Å². The molecule has 2 aliphatic carbocycles. The Hall–Kier alpha value is -3.39. The molecule has 3 N–H and O–H groups in total. The summed E-state index contributed by atoms with van der Waals surface area (Å²) in [5.74, 6) is -1.80. The van der Waals surface area contributed by atoms with E-state index in [9.17, 15) is 14.4 Å². The zero-order valence-electron chi connectivity index (χ0n) is 19.4. The Bertz CT molecular complexity index is 1030. The lowest BCUT2D eigenvalue weighted by molar-refractivity contribution is -0.146. The van der Waals surface area contributed by atoms with Crippen LogP contribution in [0.25, 0.3) is 11.1 Å². The van der Waals surface area contributed by atoms with Crippen LogP contribution in [0.1, 0.15) is 43.2 Å². The quantitative estimate of drug-likeness (QED) is 0.523. The van der Waals surface area contributed by atoms with Gasteiger partial charge in [0.1, 0.15) is 12.1 Å². The summed E-state index contributed by atoms with van der Waals surface area (Å²) in [6.45, 7) is 1.88. The fourth-order valence-electron chi connectivity index (χ4n) is 4.85. The fraction of sp³-hybridized carbons (Fsp3) is 0.423. The van der Waals surface area contributed by atoms with Crippen molar-refractivity contribution in [2.45, 2.75) is 43.7 Å². The van der Waals surface area contributed by atoms with Gasteiger partial charge in [0.15, 0.2) is 0 Å². The first-order valence-electron chi connectivity index (χ1n) is 11.5. The molecular formula is C26H30N2O6. The molecule has 0 radical (unpaired) electrons. The number of nitrogens with one attached hydrogen (secondary N) is 2. The Balaban J connectivity index is 1.42. The second kappa shape index (κ2) is 9.85. The minimum atomic E-state index is -1.31. The first-order valence-corrected chi connectivity index (χ1v) is 11.5. The van der Waals surface area contributed by atoms with E-state index in [1.807, 2.05) is 36.4 Å². The van der Waals surface area contributed by atoms with Crippen LogP contribution in [0.15, 0.2) is 48.5 Å². The third-order valence-corrected chi connectivity index (χ3v) is 6.94. The lowest BCUT2D eigenvalue weighted by atomic mass is 9.79. The van der Waals surface area contributed by atoms with Crippen LogP contribution in [0.4, 0.5) is 4.79 Å². The summed E-state index contributed by atoms with van der Waals surface area (Å²) in [6, 6.07) is 15.9. The van der Waals surface area contributed by atoms with E-state index in [1.165, 1.54) is 7.11 Å². The van der Waals surface area contributed by atoms with E-state index in [4.69, 9.17) is 14.6 Å². The second-order valence-corrected chi connectivity index (χ2v) is 9.00. The predicted octanol–water partition coefficient (Wildman–Crippen LogP) is 3.30. The van der Waals surface area contributed by atoms with Gasteiger partial charge in [0.2, 0.25) is 5.91 Å². The van der Waals surface area contributed by atoms with Gasteiger partial charge < -0.3 is 25.2 Å². The van der Waals surface area contributed by atoms with Crippen molar-refractivity contribution in [3.05, 3.63) is 59.7 Å². The Morgan fingerprint density at radius 2 is 1.62 bits per heavy atom. The number of ether oxygens (including phenoxy) is 2. The lowest BCUT2D eigenvalue weighted by Crippen LogP contribution is -2.64. The van der Waals surface area contributed by atoms with E-state index in [0.29, 0.717) is 12.8 Å². The maximum atomic E-state index is 13.1. The molecule has 8 nitrogen and oxygen atoms in total. The first-order chi connectivity index (χ1) is 16.4. The zero-order valence-corrected chi connectivity index (χ0v) is 19.4. The SMILES string of the molecule is CCC(COC)(NC(=O)OCC1c2ccccc2-c2ccccc21)C(=O)NC1CC(C(=O)O)C1. The normalized spacial score (nSPS) is 20.3. The first kappa shape index (κ1) is 23.8. The summed E-state index contributed by atoms with van der Waals surface area (Å²) in [5.41, 5.74) is 3.16. The van der Waals surface area contributed by atoms with Crippen LogP contribution in [0.3, 0.4) is 0 Å². The van der Waals surface area contributed by atoms with Gasteiger partial charge in [-0.2, -0.15) is 0 Å². The van der Waals surface area contributed by atoms with Gasteiger partial charge in [0.25, 0.3) is 0 Å². The van der Waals surface area contributed by atoms with Crippen molar-refractivity contribution < 1.29 is 29.0 Å². The highest BCUT2D eigenvalue weighted by Gasteiger charge is 2.43. The highest BCUT2D eigenvalue weighted by Crippen LogP contribution is 2.44. The average Bonchev–Trinajstić information content (AvgIpc) is 3.12. The average molecular weight is 467 g/mol. The molecule has 8 heteroatoms. The number of carboxylic acids is 1. The molecule has 1 atom stereocenters. The molecule has 0 aliphatic heterocycles. The fourth-order valence-corrected chi connectivity index (χ4v) is 4.85.